The van der Waals surface area contributed by atoms with E-state index in [9.17, 15) is 19.2 Å². The molecule has 0 saturated heterocycles. The number of anilines is 2. The third-order valence-corrected chi connectivity index (χ3v) is 5.65. The molecule has 0 heterocycles. The maximum Gasteiger partial charge on any atom is 0.266 e. The molecule has 0 aliphatic carbocycles. The molecule has 2 N–H and O–H groups in total. The highest BCUT2D eigenvalue weighted by Gasteiger charge is 2.14. The summed E-state index contributed by atoms with van der Waals surface area (Å²) in [4.78, 5) is 24.6. The summed E-state index contributed by atoms with van der Waals surface area (Å²) in [5, 5.41) is 15.2. The summed E-state index contributed by atoms with van der Waals surface area (Å²) in [5.41, 5.74) is 0.847. The molecule has 0 spiro atoms. The van der Waals surface area contributed by atoms with Crippen molar-refractivity contribution < 1.29 is 18.7 Å². The summed E-state index contributed by atoms with van der Waals surface area (Å²) in [6.07, 6.45) is 1.28. The molecule has 3 rings (SSSR count). The van der Waals surface area contributed by atoms with Gasteiger partial charge in [-0.25, -0.2) is 4.39 Å². The van der Waals surface area contributed by atoms with Crippen LogP contribution < -0.4 is 15.4 Å². The van der Waals surface area contributed by atoms with Gasteiger partial charge in [-0.2, -0.15) is 5.26 Å². The van der Waals surface area contributed by atoms with Gasteiger partial charge in [-0.3, -0.25) is 9.59 Å². The topological polar surface area (TPSA) is 91.2 Å². The van der Waals surface area contributed by atoms with Gasteiger partial charge < -0.3 is 15.4 Å². The number of nitriles is 1. The lowest BCUT2D eigenvalue weighted by molar-refractivity contribution is -0.118. The fraction of sp³-hybridized carbons (Fsp3) is 0.0417. The highest BCUT2D eigenvalue weighted by molar-refractivity contribution is 6.42. The normalized spacial score (nSPS) is 10.9. The summed E-state index contributed by atoms with van der Waals surface area (Å²) >= 11 is 24.3. The highest BCUT2D eigenvalue weighted by atomic mass is 35.5. The van der Waals surface area contributed by atoms with E-state index in [1.807, 2.05) is 0 Å². The van der Waals surface area contributed by atoms with E-state index in [2.05, 4.69) is 10.6 Å². The molecule has 0 aromatic heterocycles. The molecule has 3 aromatic rings. The maximum atomic E-state index is 13.0. The van der Waals surface area contributed by atoms with Gasteiger partial charge in [0.2, 0.25) is 0 Å². The van der Waals surface area contributed by atoms with Crippen LogP contribution in [0.4, 0.5) is 15.8 Å². The van der Waals surface area contributed by atoms with Gasteiger partial charge in [-0.1, -0.05) is 46.4 Å². The van der Waals surface area contributed by atoms with Gasteiger partial charge in [0, 0.05) is 11.4 Å². The van der Waals surface area contributed by atoms with Crippen LogP contribution in [-0.4, -0.2) is 18.4 Å². The van der Waals surface area contributed by atoms with Crippen molar-refractivity contribution in [3.63, 3.8) is 0 Å². The van der Waals surface area contributed by atoms with Crippen LogP contribution in [0.5, 0.6) is 5.75 Å². The number of carbonyl (C=O) groups is 2. The summed E-state index contributed by atoms with van der Waals surface area (Å²) in [7, 11) is 0. The number of carbonyl (C=O) groups excluding carboxylic acids is 2. The number of ether oxygens (including phenoxy) is 1. The zero-order valence-corrected chi connectivity index (χ0v) is 20.6. The molecule has 178 valence electrons. The molecular weight excluding hydrogens is 539 g/mol. The maximum absolute atomic E-state index is 13.0. The smallest absolute Gasteiger partial charge is 0.266 e. The van der Waals surface area contributed by atoms with Crippen LogP contribution in [0.15, 0.2) is 60.2 Å². The van der Waals surface area contributed by atoms with Crippen molar-refractivity contribution in [2.24, 2.45) is 0 Å². The Hall–Kier alpha value is -3.28. The number of nitrogens with zero attached hydrogens (tertiary/aromatic N) is 1. The molecule has 0 aliphatic heterocycles. The summed E-state index contributed by atoms with van der Waals surface area (Å²) in [6.45, 7) is -0.404. The van der Waals surface area contributed by atoms with Crippen molar-refractivity contribution in [1.82, 2.24) is 0 Å². The fourth-order valence-electron chi connectivity index (χ4n) is 2.76. The van der Waals surface area contributed by atoms with Gasteiger partial charge in [0.1, 0.15) is 17.5 Å². The van der Waals surface area contributed by atoms with Crippen LogP contribution in [0.2, 0.25) is 20.1 Å². The molecule has 2 amide bonds. The Kier molecular flexibility index (Phi) is 8.96. The van der Waals surface area contributed by atoms with Crippen LogP contribution in [0.1, 0.15) is 5.56 Å². The first-order chi connectivity index (χ1) is 16.7. The van der Waals surface area contributed by atoms with Crippen LogP contribution in [0, 0.1) is 17.1 Å². The molecule has 0 fully saturated rings. The second-order valence-corrected chi connectivity index (χ2v) is 8.54. The average Bonchev–Trinajstić information content (AvgIpc) is 2.80. The molecule has 0 aliphatic rings. The van der Waals surface area contributed by atoms with E-state index in [4.69, 9.17) is 51.1 Å². The van der Waals surface area contributed by atoms with E-state index >= 15 is 0 Å². The van der Waals surface area contributed by atoms with Crippen molar-refractivity contribution >= 4 is 75.7 Å². The number of amides is 2. The highest BCUT2D eigenvalue weighted by Crippen LogP contribution is 2.35. The Labute approximate surface area is 219 Å². The van der Waals surface area contributed by atoms with E-state index in [1.54, 1.807) is 12.1 Å². The first-order valence-corrected chi connectivity index (χ1v) is 11.2. The average molecular weight is 553 g/mol. The minimum absolute atomic E-state index is 0.0454. The van der Waals surface area contributed by atoms with Gasteiger partial charge in [-0.15, -0.1) is 0 Å². The van der Waals surface area contributed by atoms with E-state index in [-0.39, 0.29) is 26.4 Å². The Bertz CT molecular complexity index is 1330. The lowest BCUT2D eigenvalue weighted by Gasteiger charge is -2.12. The third-order valence-electron chi connectivity index (χ3n) is 4.35. The Morgan fingerprint density at radius 3 is 2.11 bits per heavy atom. The van der Waals surface area contributed by atoms with Gasteiger partial charge in [0.25, 0.3) is 11.8 Å². The van der Waals surface area contributed by atoms with Crippen molar-refractivity contribution in [3.8, 4) is 11.8 Å². The molecule has 0 bridgehead atoms. The Balaban J connectivity index is 1.68. The Morgan fingerprint density at radius 2 is 1.51 bits per heavy atom. The second-order valence-electron chi connectivity index (χ2n) is 6.91. The van der Waals surface area contributed by atoms with Crippen LogP contribution >= 0.6 is 46.4 Å². The SMILES string of the molecule is N#C/C(=C\c1cc(Cl)c(OCC(=O)Nc2ccc(Cl)c(Cl)c2)c(Cl)c1)C(=O)Nc1ccc(F)cc1. The molecule has 3 aromatic carbocycles. The van der Waals surface area contributed by atoms with Crippen molar-refractivity contribution in [1.29, 1.82) is 5.26 Å². The number of halogens is 5. The lowest BCUT2D eigenvalue weighted by Crippen LogP contribution is -2.20. The largest absolute Gasteiger partial charge is 0.481 e. The molecule has 6 nitrogen and oxygen atoms in total. The monoisotopic (exact) mass is 551 g/mol. The first kappa shape index (κ1) is 26.3. The minimum atomic E-state index is -0.703. The zero-order chi connectivity index (χ0) is 25.5. The quantitative estimate of drug-likeness (QED) is 0.244. The van der Waals surface area contributed by atoms with Gasteiger partial charge in [-0.05, 0) is 66.2 Å². The van der Waals surface area contributed by atoms with Crippen LogP contribution in [-0.2, 0) is 9.59 Å². The number of hydrogen-bond acceptors (Lipinski definition) is 4. The molecule has 0 atom stereocenters. The third kappa shape index (κ3) is 7.35. The molecule has 0 saturated carbocycles. The second kappa shape index (κ2) is 11.9. The zero-order valence-electron chi connectivity index (χ0n) is 17.5. The summed E-state index contributed by atoms with van der Waals surface area (Å²) in [5.74, 6) is -1.61. The number of nitrogens with one attached hydrogen (secondary N) is 2. The summed E-state index contributed by atoms with van der Waals surface area (Å²) in [6, 6.07) is 14.3. The lowest BCUT2D eigenvalue weighted by atomic mass is 10.1. The van der Waals surface area contributed by atoms with Crippen LogP contribution in [0.3, 0.4) is 0 Å². The van der Waals surface area contributed by atoms with E-state index < -0.39 is 24.2 Å². The number of hydrogen-bond donors (Lipinski definition) is 2. The predicted molar refractivity (Wildman–Crippen MR) is 136 cm³/mol. The van der Waals surface area contributed by atoms with Gasteiger partial charge in [0.15, 0.2) is 12.4 Å². The molecular formula is C24H14Cl4FN3O3. The van der Waals surface area contributed by atoms with Crippen molar-refractivity contribution in [2.45, 2.75) is 0 Å². The molecule has 11 heteroatoms. The minimum Gasteiger partial charge on any atom is -0.481 e. The van der Waals surface area contributed by atoms with Crippen LogP contribution in [0.25, 0.3) is 6.08 Å². The summed E-state index contributed by atoms with van der Waals surface area (Å²) < 4.78 is 18.5. The van der Waals surface area contributed by atoms with E-state index in [0.717, 1.165) is 0 Å². The molecule has 35 heavy (non-hydrogen) atoms. The van der Waals surface area contributed by atoms with E-state index in [0.29, 0.717) is 22.0 Å². The van der Waals surface area contributed by atoms with E-state index in [1.165, 1.54) is 54.6 Å². The standard InChI is InChI=1S/C24H14Cl4FN3O3/c25-18-6-5-17(10-19(18)26)31-22(33)12-35-23-20(27)8-13(9-21(23)28)7-14(11-30)24(34)32-16-3-1-15(29)2-4-16/h1-10H,12H2,(H,31,33)(H,32,34)/b14-7+. The predicted octanol–water partition coefficient (Wildman–Crippen LogP) is 7.00. The molecule has 0 unspecified atom stereocenters. The fourth-order valence-corrected chi connectivity index (χ4v) is 3.67. The van der Waals surface area contributed by atoms with Gasteiger partial charge >= 0.3 is 0 Å². The van der Waals surface area contributed by atoms with Gasteiger partial charge in [0.05, 0.1) is 20.1 Å². The number of rotatable bonds is 7. The Morgan fingerprint density at radius 1 is 0.886 bits per heavy atom. The van der Waals surface area contributed by atoms with Crippen molar-refractivity contribution in [2.75, 3.05) is 17.2 Å². The number of benzene rings is 3. The first-order valence-electron chi connectivity index (χ1n) is 9.71. The molecule has 0 radical (unpaired) electrons. The van der Waals surface area contributed by atoms with Crippen molar-refractivity contribution in [3.05, 3.63) is 91.6 Å².